The second-order valence-electron chi connectivity index (χ2n) is 5.85. The van der Waals surface area contributed by atoms with Crippen molar-refractivity contribution >= 4 is 34.6 Å². The molecular formula is C20H20N2O3S. The molecule has 1 aliphatic heterocycles. The van der Waals surface area contributed by atoms with E-state index in [0.29, 0.717) is 21.6 Å². The summed E-state index contributed by atoms with van der Waals surface area (Å²) >= 11 is 1.31. The highest BCUT2D eigenvalue weighted by molar-refractivity contribution is 8.18. The smallest absolute Gasteiger partial charge is 0.264 e. The normalized spacial score (nSPS) is 16.8. The summed E-state index contributed by atoms with van der Waals surface area (Å²) in [6.07, 6.45) is 1.78. The molecule has 0 aliphatic carbocycles. The van der Waals surface area contributed by atoms with Crippen molar-refractivity contribution in [1.82, 2.24) is 5.32 Å². The van der Waals surface area contributed by atoms with E-state index in [4.69, 9.17) is 9.47 Å². The molecule has 1 amide bonds. The fraction of sp³-hybridized carbons (Fsp3) is 0.200. The Morgan fingerprint density at radius 2 is 1.92 bits per heavy atom. The number of methoxy groups -OCH3 is 2. The van der Waals surface area contributed by atoms with Crippen molar-refractivity contribution in [3.05, 3.63) is 58.0 Å². The highest BCUT2D eigenvalue weighted by atomic mass is 32.2. The molecule has 6 heteroatoms. The quantitative estimate of drug-likeness (QED) is 0.821. The summed E-state index contributed by atoms with van der Waals surface area (Å²) in [6, 6.07) is 11.6. The minimum atomic E-state index is -0.177. The summed E-state index contributed by atoms with van der Waals surface area (Å²) < 4.78 is 10.7. The Kier molecular flexibility index (Phi) is 5.32. The topological polar surface area (TPSA) is 59.9 Å². The molecule has 1 saturated heterocycles. The molecular weight excluding hydrogens is 348 g/mol. The molecule has 0 bridgehead atoms. The van der Waals surface area contributed by atoms with Gasteiger partial charge in [-0.15, -0.1) is 0 Å². The summed E-state index contributed by atoms with van der Waals surface area (Å²) in [7, 11) is 3.16. The second kappa shape index (κ2) is 7.66. The fourth-order valence-electron chi connectivity index (χ4n) is 2.69. The van der Waals surface area contributed by atoms with Gasteiger partial charge in [0.15, 0.2) is 16.7 Å². The number of rotatable bonds is 4. The average molecular weight is 368 g/mol. The number of nitrogens with zero attached hydrogens (tertiary/aromatic N) is 1. The third-order valence-electron chi connectivity index (χ3n) is 3.95. The Bertz CT molecular complexity index is 919. The lowest BCUT2D eigenvalue weighted by Gasteiger charge is -2.10. The maximum Gasteiger partial charge on any atom is 0.264 e. The predicted octanol–water partition coefficient (Wildman–Crippen LogP) is 4.21. The number of carbonyl (C=O) groups is 1. The van der Waals surface area contributed by atoms with E-state index >= 15 is 0 Å². The van der Waals surface area contributed by atoms with Crippen molar-refractivity contribution in [2.45, 2.75) is 13.8 Å². The lowest BCUT2D eigenvalue weighted by Crippen LogP contribution is -2.19. The predicted molar refractivity (Wildman–Crippen MR) is 106 cm³/mol. The summed E-state index contributed by atoms with van der Waals surface area (Å²) in [5.41, 5.74) is 3.87. The van der Waals surface area contributed by atoms with Gasteiger partial charge in [0.05, 0.1) is 24.8 Å². The van der Waals surface area contributed by atoms with Crippen LogP contribution in [-0.2, 0) is 4.79 Å². The highest BCUT2D eigenvalue weighted by Gasteiger charge is 2.24. The van der Waals surface area contributed by atoms with Gasteiger partial charge in [0, 0.05) is 5.56 Å². The van der Waals surface area contributed by atoms with Crippen LogP contribution in [0.3, 0.4) is 0 Å². The van der Waals surface area contributed by atoms with Crippen LogP contribution < -0.4 is 14.8 Å². The number of aryl methyl sites for hydroxylation is 2. The summed E-state index contributed by atoms with van der Waals surface area (Å²) in [5, 5.41) is 3.38. The first-order valence-electron chi connectivity index (χ1n) is 8.09. The van der Waals surface area contributed by atoms with E-state index in [1.165, 1.54) is 17.3 Å². The molecule has 0 aromatic heterocycles. The van der Waals surface area contributed by atoms with Crippen LogP contribution in [0.1, 0.15) is 16.7 Å². The minimum Gasteiger partial charge on any atom is -0.493 e. The zero-order valence-corrected chi connectivity index (χ0v) is 15.9. The van der Waals surface area contributed by atoms with E-state index in [-0.39, 0.29) is 5.91 Å². The molecule has 1 fully saturated rings. The van der Waals surface area contributed by atoms with Gasteiger partial charge in [-0.3, -0.25) is 4.79 Å². The summed E-state index contributed by atoms with van der Waals surface area (Å²) in [4.78, 5) is 17.4. The molecule has 0 radical (unpaired) electrons. The number of para-hydroxylation sites is 1. The molecule has 3 rings (SSSR count). The first-order valence-corrected chi connectivity index (χ1v) is 8.91. The molecule has 0 unspecified atom stereocenters. The Morgan fingerprint density at radius 3 is 2.62 bits per heavy atom. The molecule has 0 saturated carbocycles. The number of thioether (sulfide) groups is 1. The average Bonchev–Trinajstić information content (AvgIpc) is 2.96. The van der Waals surface area contributed by atoms with Crippen molar-refractivity contribution in [3.63, 3.8) is 0 Å². The summed E-state index contributed by atoms with van der Waals surface area (Å²) in [6.45, 7) is 4.05. The van der Waals surface area contributed by atoms with Crippen molar-refractivity contribution in [3.8, 4) is 11.5 Å². The van der Waals surface area contributed by atoms with E-state index in [0.717, 1.165) is 16.8 Å². The van der Waals surface area contributed by atoms with E-state index in [2.05, 4.69) is 16.4 Å². The van der Waals surface area contributed by atoms with Crippen LogP contribution in [0.4, 0.5) is 5.69 Å². The van der Waals surface area contributed by atoms with Crippen molar-refractivity contribution in [2.24, 2.45) is 4.99 Å². The number of ether oxygens (including phenoxy) is 2. The van der Waals surface area contributed by atoms with Gasteiger partial charge < -0.3 is 14.8 Å². The van der Waals surface area contributed by atoms with Gasteiger partial charge in [0.25, 0.3) is 5.91 Å². The van der Waals surface area contributed by atoms with Gasteiger partial charge in [-0.05, 0) is 49.4 Å². The monoisotopic (exact) mass is 368 g/mol. The van der Waals surface area contributed by atoms with Gasteiger partial charge in [0.1, 0.15) is 0 Å². The molecule has 2 aromatic rings. The molecule has 26 heavy (non-hydrogen) atoms. The molecule has 1 aliphatic rings. The van der Waals surface area contributed by atoms with Crippen LogP contribution in [0.15, 0.2) is 46.3 Å². The molecule has 134 valence electrons. The number of hydrogen-bond acceptors (Lipinski definition) is 5. The maximum absolute atomic E-state index is 12.3. The zero-order valence-electron chi connectivity index (χ0n) is 15.1. The zero-order chi connectivity index (χ0) is 18.7. The van der Waals surface area contributed by atoms with Crippen molar-refractivity contribution < 1.29 is 14.3 Å². The minimum absolute atomic E-state index is 0.177. The van der Waals surface area contributed by atoms with E-state index in [9.17, 15) is 4.79 Å². The number of nitrogens with one attached hydrogen (secondary N) is 1. The second-order valence-corrected chi connectivity index (χ2v) is 6.89. The third-order valence-corrected chi connectivity index (χ3v) is 4.86. The maximum atomic E-state index is 12.3. The molecule has 5 nitrogen and oxygen atoms in total. The van der Waals surface area contributed by atoms with Gasteiger partial charge in [-0.2, -0.15) is 0 Å². The Labute approximate surface area is 157 Å². The Hall–Kier alpha value is -2.73. The standard InChI is InChI=1S/C20H20N2O3S/c1-12-8-9-15(13(2)10-12)21-20-22-19(23)17(26-20)11-14-6-5-7-16(24-3)18(14)25-4/h5-11H,1-4H3,(H,21,22,23)/b17-11+. The third kappa shape index (κ3) is 3.75. The van der Waals surface area contributed by atoms with Gasteiger partial charge >= 0.3 is 0 Å². The van der Waals surface area contributed by atoms with Crippen LogP contribution in [0.25, 0.3) is 6.08 Å². The SMILES string of the molecule is COc1cccc(/C=C2/SC(=Nc3ccc(C)cc3C)NC2=O)c1OC. The molecule has 0 spiro atoms. The van der Waals surface area contributed by atoms with E-state index in [1.807, 2.05) is 44.2 Å². The number of amides is 1. The lowest BCUT2D eigenvalue weighted by molar-refractivity contribution is -0.115. The number of hydrogen-bond donors (Lipinski definition) is 1. The first kappa shape index (κ1) is 18.1. The largest absolute Gasteiger partial charge is 0.493 e. The van der Waals surface area contributed by atoms with Crippen LogP contribution >= 0.6 is 11.8 Å². The highest BCUT2D eigenvalue weighted by Crippen LogP contribution is 2.35. The number of carbonyl (C=O) groups excluding carboxylic acids is 1. The molecule has 0 atom stereocenters. The van der Waals surface area contributed by atoms with Crippen LogP contribution in [0.2, 0.25) is 0 Å². The molecule has 1 N–H and O–H groups in total. The van der Waals surface area contributed by atoms with Gasteiger partial charge in [-0.1, -0.05) is 29.8 Å². The number of aliphatic imine (C=N–C) groups is 1. The lowest BCUT2D eigenvalue weighted by atomic mass is 10.1. The Balaban J connectivity index is 1.91. The number of amidine groups is 1. The van der Waals surface area contributed by atoms with Crippen LogP contribution in [0, 0.1) is 13.8 Å². The van der Waals surface area contributed by atoms with Crippen molar-refractivity contribution in [1.29, 1.82) is 0 Å². The van der Waals surface area contributed by atoms with E-state index in [1.54, 1.807) is 20.3 Å². The Morgan fingerprint density at radius 1 is 1.12 bits per heavy atom. The first-order chi connectivity index (χ1) is 12.5. The fourth-order valence-corrected chi connectivity index (χ4v) is 3.51. The summed E-state index contributed by atoms with van der Waals surface area (Å²) in [5.74, 6) is 1.04. The van der Waals surface area contributed by atoms with Crippen LogP contribution in [0.5, 0.6) is 11.5 Å². The molecule has 2 aromatic carbocycles. The van der Waals surface area contributed by atoms with E-state index < -0.39 is 0 Å². The van der Waals surface area contributed by atoms with Crippen LogP contribution in [-0.4, -0.2) is 25.3 Å². The van der Waals surface area contributed by atoms with Gasteiger partial charge in [0.2, 0.25) is 0 Å². The molecule has 1 heterocycles. The van der Waals surface area contributed by atoms with Gasteiger partial charge in [-0.25, -0.2) is 4.99 Å². The number of benzene rings is 2. The van der Waals surface area contributed by atoms with Crippen molar-refractivity contribution in [2.75, 3.05) is 14.2 Å².